The largest absolute Gasteiger partial charge is 0.316 e. The summed E-state index contributed by atoms with van der Waals surface area (Å²) in [5.74, 6) is 0.364. The van der Waals surface area contributed by atoms with Gasteiger partial charge in [-0.3, -0.25) is 0 Å². The van der Waals surface area contributed by atoms with Gasteiger partial charge in [-0.1, -0.05) is 0 Å². The van der Waals surface area contributed by atoms with Gasteiger partial charge in [0, 0.05) is 6.04 Å². The van der Waals surface area contributed by atoms with Gasteiger partial charge < -0.3 is 5.32 Å². The van der Waals surface area contributed by atoms with Crippen LogP contribution in [0.5, 0.6) is 0 Å². The fourth-order valence-electron chi connectivity index (χ4n) is 1.46. The van der Waals surface area contributed by atoms with E-state index in [0.717, 1.165) is 19.5 Å². The molecule has 0 aliphatic carbocycles. The van der Waals surface area contributed by atoms with Crippen LogP contribution in [0, 0.1) is 5.92 Å². The first-order valence-corrected chi connectivity index (χ1v) is 5.54. The minimum atomic E-state index is -3.54. The quantitative estimate of drug-likeness (QED) is 0.525. The normalized spacial score (nSPS) is 27.3. The maximum atomic E-state index is 10.6. The zero-order chi connectivity index (χ0) is 9.19. The Morgan fingerprint density at radius 3 is 2.75 bits per heavy atom. The third-order valence-corrected chi connectivity index (χ3v) is 2.86. The third kappa shape index (κ3) is 3.06. The van der Waals surface area contributed by atoms with E-state index in [2.05, 4.69) is 10.0 Å². The Morgan fingerprint density at radius 1 is 1.67 bits per heavy atom. The summed E-state index contributed by atoms with van der Waals surface area (Å²) in [6.45, 7) is 3.66. The second-order valence-corrected chi connectivity index (χ2v) is 4.53. The summed E-state index contributed by atoms with van der Waals surface area (Å²) < 4.78 is 23.7. The van der Waals surface area contributed by atoms with Crippen molar-refractivity contribution in [3.63, 3.8) is 0 Å². The molecule has 1 aliphatic rings. The molecule has 0 aromatic rings. The molecule has 1 saturated heterocycles. The van der Waals surface area contributed by atoms with Crippen molar-refractivity contribution < 1.29 is 8.42 Å². The van der Waals surface area contributed by atoms with E-state index in [-0.39, 0.29) is 6.04 Å². The van der Waals surface area contributed by atoms with E-state index < -0.39 is 10.2 Å². The minimum absolute atomic E-state index is 0.0741. The standard InChI is InChI=1S/C6H15N3O2S/c1-5(9-12(7,10)11)6-2-3-8-4-6/h5-6,8-9H,2-4H2,1H3,(H2,7,10,11). The van der Waals surface area contributed by atoms with Crippen LogP contribution in [0.25, 0.3) is 0 Å². The lowest BCUT2D eigenvalue weighted by molar-refractivity contribution is 0.445. The molecule has 4 N–H and O–H groups in total. The highest BCUT2D eigenvalue weighted by atomic mass is 32.2. The van der Waals surface area contributed by atoms with E-state index in [1.165, 1.54) is 0 Å². The maximum Gasteiger partial charge on any atom is 0.274 e. The van der Waals surface area contributed by atoms with Crippen molar-refractivity contribution in [2.45, 2.75) is 19.4 Å². The van der Waals surface area contributed by atoms with Crippen molar-refractivity contribution in [2.24, 2.45) is 11.1 Å². The fraction of sp³-hybridized carbons (Fsp3) is 1.00. The SMILES string of the molecule is CC(NS(N)(=O)=O)C1CCNC1. The summed E-state index contributed by atoms with van der Waals surface area (Å²) in [5.41, 5.74) is 0. The Bertz CT molecular complexity index is 233. The molecule has 0 radical (unpaired) electrons. The topological polar surface area (TPSA) is 84.2 Å². The summed E-state index contributed by atoms with van der Waals surface area (Å²) in [6.07, 6.45) is 1.00. The molecule has 1 rings (SSSR count). The van der Waals surface area contributed by atoms with Gasteiger partial charge in [0.25, 0.3) is 10.2 Å². The van der Waals surface area contributed by atoms with Gasteiger partial charge in [-0.2, -0.15) is 13.1 Å². The van der Waals surface area contributed by atoms with E-state index >= 15 is 0 Å². The summed E-state index contributed by atoms with van der Waals surface area (Å²) in [4.78, 5) is 0. The van der Waals surface area contributed by atoms with Crippen LogP contribution in [0.4, 0.5) is 0 Å². The highest BCUT2D eigenvalue weighted by Gasteiger charge is 2.23. The molecule has 2 unspecified atom stereocenters. The highest BCUT2D eigenvalue weighted by Crippen LogP contribution is 2.12. The number of rotatable bonds is 3. The van der Waals surface area contributed by atoms with E-state index in [4.69, 9.17) is 5.14 Å². The fourth-order valence-corrected chi connectivity index (χ4v) is 2.17. The van der Waals surface area contributed by atoms with E-state index in [9.17, 15) is 8.42 Å². The average molecular weight is 193 g/mol. The lowest BCUT2D eigenvalue weighted by Gasteiger charge is -2.17. The Kier molecular flexibility index (Phi) is 3.05. The van der Waals surface area contributed by atoms with Crippen molar-refractivity contribution in [1.29, 1.82) is 0 Å². The smallest absolute Gasteiger partial charge is 0.274 e. The first kappa shape index (κ1) is 9.91. The van der Waals surface area contributed by atoms with Crippen molar-refractivity contribution >= 4 is 10.2 Å². The second kappa shape index (κ2) is 3.69. The molecule has 0 saturated carbocycles. The molecule has 0 bridgehead atoms. The van der Waals surface area contributed by atoms with Gasteiger partial charge >= 0.3 is 0 Å². The molecule has 1 aliphatic heterocycles. The van der Waals surface area contributed by atoms with Crippen LogP contribution in [-0.2, 0) is 10.2 Å². The highest BCUT2D eigenvalue weighted by molar-refractivity contribution is 7.87. The van der Waals surface area contributed by atoms with Crippen LogP contribution in [0.3, 0.4) is 0 Å². The van der Waals surface area contributed by atoms with Crippen LogP contribution < -0.4 is 15.2 Å². The van der Waals surface area contributed by atoms with E-state index in [1.807, 2.05) is 6.92 Å². The second-order valence-electron chi connectivity index (χ2n) is 3.20. The van der Waals surface area contributed by atoms with Crippen LogP contribution >= 0.6 is 0 Å². The summed E-state index contributed by atoms with van der Waals surface area (Å²) in [6, 6.07) is -0.0741. The summed E-state index contributed by atoms with van der Waals surface area (Å²) in [7, 11) is -3.54. The van der Waals surface area contributed by atoms with Gasteiger partial charge in [0.2, 0.25) is 0 Å². The van der Waals surface area contributed by atoms with Gasteiger partial charge in [-0.25, -0.2) is 5.14 Å². The first-order valence-electron chi connectivity index (χ1n) is 4.00. The molecule has 6 heteroatoms. The molecule has 1 fully saturated rings. The lowest BCUT2D eigenvalue weighted by atomic mass is 10.0. The van der Waals surface area contributed by atoms with Crippen molar-refractivity contribution in [2.75, 3.05) is 13.1 Å². The molecule has 0 aromatic heterocycles. The molecule has 12 heavy (non-hydrogen) atoms. The molecular weight excluding hydrogens is 178 g/mol. The van der Waals surface area contributed by atoms with Crippen LogP contribution in [0.2, 0.25) is 0 Å². The van der Waals surface area contributed by atoms with Gasteiger partial charge in [-0.15, -0.1) is 0 Å². The monoisotopic (exact) mass is 193 g/mol. The molecule has 0 spiro atoms. The van der Waals surface area contributed by atoms with Gasteiger partial charge in [0.05, 0.1) is 0 Å². The predicted molar refractivity (Wildman–Crippen MR) is 46.7 cm³/mol. The Labute approximate surface area is 72.9 Å². The zero-order valence-corrected chi connectivity index (χ0v) is 7.89. The van der Waals surface area contributed by atoms with Crippen LogP contribution in [-0.4, -0.2) is 27.5 Å². The molecule has 1 heterocycles. The maximum absolute atomic E-state index is 10.6. The molecule has 5 nitrogen and oxygen atoms in total. The number of hydrogen-bond acceptors (Lipinski definition) is 3. The molecule has 0 aromatic carbocycles. The van der Waals surface area contributed by atoms with Gasteiger partial charge in [0.15, 0.2) is 0 Å². The summed E-state index contributed by atoms with van der Waals surface area (Å²) in [5, 5.41) is 8.01. The predicted octanol–water partition coefficient (Wildman–Crippen LogP) is -1.22. The average Bonchev–Trinajstić information content (AvgIpc) is 2.32. The van der Waals surface area contributed by atoms with E-state index in [1.54, 1.807) is 0 Å². The zero-order valence-electron chi connectivity index (χ0n) is 7.08. The Morgan fingerprint density at radius 2 is 2.33 bits per heavy atom. The summed E-state index contributed by atoms with van der Waals surface area (Å²) >= 11 is 0. The van der Waals surface area contributed by atoms with Crippen molar-refractivity contribution in [3.05, 3.63) is 0 Å². The van der Waals surface area contributed by atoms with Crippen LogP contribution in [0.1, 0.15) is 13.3 Å². The van der Waals surface area contributed by atoms with Crippen LogP contribution in [0.15, 0.2) is 0 Å². The number of hydrogen-bond donors (Lipinski definition) is 3. The lowest BCUT2D eigenvalue weighted by Crippen LogP contribution is -2.42. The van der Waals surface area contributed by atoms with Gasteiger partial charge in [0.1, 0.15) is 0 Å². The third-order valence-electron chi connectivity index (χ3n) is 2.16. The first-order chi connectivity index (χ1) is 5.49. The Balaban J connectivity index is 2.42. The molecule has 2 atom stereocenters. The molecule has 0 amide bonds. The van der Waals surface area contributed by atoms with Crippen molar-refractivity contribution in [1.82, 2.24) is 10.0 Å². The van der Waals surface area contributed by atoms with Crippen molar-refractivity contribution in [3.8, 4) is 0 Å². The molecule has 72 valence electrons. The van der Waals surface area contributed by atoms with E-state index in [0.29, 0.717) is 5.92 Å². The minimum Gasteiger partial charge on any atom is -0.316 e. The van der Waals surface area contributed by atoms with Gasteiger partial charge in [-0.05, 0) is 32.4 Å². The molecular formula is C6H15N3O2S. The number of nitrogens with one attached hydrogen (secondary N) is 2. The number of nitrogens with two attached hydrogens (primary N) is 1. The Hall–Kier alpha value is -0.170.